The van der Waals surface area contributed by atoms with Crippen molar-refractivity contribution >= 4 is 45.6 Å². The van der Waals surface area contributed by atoms with Gasteiger partial charge in [-0.25, -0.2) is 8.42 Å². The fourth-order valence-electron chi connectivity index (χ4n) is 3.18. The Labute approximate surface area is 190 Å². The molecule has 0 unspecified atom stereocenters. The number of nitrogens with one attached hydrogen (secondary N) is 2. The summed E-state index contributed by atoms with van der Waals surface area (Å²) in [5.74, 6) is 0.605. The van der Waals surface area contributed by atoms with Crippen molar-refractivity contribution < 1.29 is 8.42 Å². The first kappa shape index (κ1) is 23.4. The van der Waals surface area contributed by atoms with Gasteiger partial charge < -0.3 is 10.6 Å². The third-order valence-electron chi connectivity index (χ3n) is 4.54. The van der Waals surface area contributed by atoms with Crippen LogP contribution in [-0.2, 0) is 22.9 Å². The van der Waals surface area contributed by atoms with Crippen LogP contribution in [0.25, 0.3) is 0 Å². The summed E-state index contributed by atoms with van der Waals surface area (Å²) in [7, 11) is -3.39. The maximum atomic E-state index is 12.7. The number of sulfonamides is 1. The first-order valence-corrected chi connectivity index (χ1v) is 11.2. The lowest BCUT2D eigenvalue weighted by atomic mass is 10.2. The molecule has 1 aliphatic rings. The summed E-state index contributed by atoms with van der Waals surface area (Å²) in [6, 6.07) is 13.5. The molecule has 0 atom stereocenters. The van der Waals surface area contributed by atoms with Crippen LogP contribution in [0, 0.1) is 0 Å². The predicted octanol–water partition coefficient (Wildman–Crippen LogP) is 2.19. The van der Waals surface area contributed by atoms with E-state index in [0.717, 1.165) is 29.8 Å². The highest BCUT2D eigenvalue weighted by Crippen LogP contribution is 2.29. The van der Waals surface area contributed by atoms with E-state index in [0.29, 0.717) is 25.6 Å². The minimum absolute atomic E-state index is 0. The topological polar surface area (TPSA) is 86.7 Å². The molecule has 0 aliphatic carbocycles. The van der Waals surface area contributed by atoms with Gasteiger partial charge in [0.15, 0.2) is 5.96 Å². The zero-order valence-electron chi connectivity index (χ0n) is 16.5. The molecule has 0 saturated carbocycles. The number of hydrogen-bond acceptors (Lipinski definition) is 4. The summed E-state index contributed by atoms with van der Waals surface area (Å²) in [6.07, 6.45) is 3.31. The molecule has 29 heavy (non-hydrogen) atoms. The Hall–Kier alpha value is -1.88. The maximum absolute atomic E-state index is 12.7. The van der Waals surface area contributed by atoms with Gasteiger partial charge in [-0.05, 0) is 37.1 Å². The number of rotatable bonds is 8. The smallest absolute Gasteiger partial charge is 0.237 e. The number of halogens is 1. The number of pyridine rings is 1. The Balaban J connectivity index is 0.00000300. The molecule has 158 valence electrons. The highest BCUT2D eigenvalue weighted by molar-refractivity contribution is 14.0. The number of aliphatic imine (C=N–C) groups is 1. The number of hydrogen-bond donors (Lipinski definition) is 2. The lowest BCUT2D eigenvalue weighted by molar-refractivity contribution is 0.592. The number of para-hydroxylation sites is 1. The second kappa shape index (κ2) is 11.3. The largest absolute Gasteiger partial charge is 0.357 e. The van der Waals surface area contributed by atoms with Crippen LogP contribution < -0.4 is 14.9 Å². The molecule has 2 N–H and O–H groups in total. The van der Waals surface area contributed by atoms with Crippen LogP contribution in [0.5, 0.6) is 0 Å². The van der Waals surface area contributed by atoms with Gasteiger partial charge in [-0.2, -0.15) is 0 Å². The molecule has 0 amide bonds. The standard InChI is InChI=1S/C20H27N5O2S.HI/c1-2-21-20(23-13-10-18-8-5-6-12-22-18)24-14-16-28(26,27)25-15-11-17-7-3-4-9-19(17)25;/h3-9,12H,2,10-11,13-16H2,1H3,(H2,21,23,24);1H. The van der Waals surface area contributed by atoms with Gasteiger partial charge in [-0.1, -0.05) is 24.3 Å². The average Bonchev–Trinajstić information content (AvgIpc) is 3.14. The third-order valence-corrected chi connectivity index (χ3v) is 6.29. The number of benzene rings is 1. The second-order valence-corrected chi connectivity index (χ2v) is 8.54. The predicted molar refractivity (Wildman–Crippen MR) is 129 cm³/mol. The molecule has 1 aromatic carbocycles. The van der Waals surface area contributed by atoms with Crippen LogP contribution in [-0.4, -0.2) is 51.3 Å². The van der Waals surface area contributed by atoms with E-state index in [9.17, 15) is 8.42 Å². The van der Waals surface area contributed by atoms with E-state index in [1.807, 2.05) is 49.4 Å². The Morgan fingerprint density at radius 3 is 2.72 bits per heavy atom. The number of nitrogens with zero attached hydrogens (tertiary/aromatic N) is 3. The highest BCUT2D eigenvalue weighted by Gasteiger charge is 2.28. The number of anilines is 1. The van der Waals surface area contributed by atoms with Crippen molar-refractivity contribution in [1.82, 2.24) is 15.6 Å². The molecule has 7 nitrogen and oxygen atoms in total. The molecule has 0 bridgehead atoms. The average molecular weight is 529 g/mol. The van der Waals surface area contributed by atoms with E-state index in [-0.39, 0.29) is 36.3 Å². The van der Waals surface area contributed by atoms with Gasteiger partial charge in [0.25, 0.3) is 0 Å². The Bertz CT molecular complexity index is 906. The first-order valence-electron chi connectivity index (χ1n) is 9.60. The summed E-state index contributed by atoms with van der Waals surface area (Å²) in [5.41, 5.74) is 2.88. The quantitative estimate of drug-likeness (QED) is 0.311. The molecule has 0 spiro atoms. The zero-order valence-corrected chi connectivity index (χ0v) is 19.7. The zero-order chi connectivity index (χ0) is 19.8. The third kappa shape index (κ3) is 6.56. The fourth-order valence-corrected chi connectivity index (χ4v) is 4.57. The monoisotopic (exact) mass is 529 g/mol. The summed E-state index contributed by atoms with van der Waals surface area (Å²) < 4.78 is 27.0. The highest BCUT2D eigenvalue weighted by atomic mass is 127. The summed E-state index contributed by atoms with van der Waals surface area (Å²) in [4.78, 5) is 8.72. The molecule has 1 aromatic heterocycles. The lowest BCUT2D eigenvalue weighted by Gasteiger charge is -2.19. The Kier molecular flexibility index (Phi) is 9.15. The molecule has 0 fully saturated rings. The minimum Gasteiger partial charge on any atom is -0.357 e. The van der Waals surface area contributed by atoms with Crippen LogP contribution >= 0.6 is 24.0 Å². The minimum atomic E-state index is -3.39. The molecular weight excluding hydrogens is 501 g/mol. The maximum Gasteiger partial charge on any atom is 0.237 e. The number of fused-ring (bicyclic) bond motifs is 1. The molecule has 9 heteroatoms. The van der Waals surface area contributed by atoms with Gasteiger partial charge in [-0.3, -0.25) is 14.3 Å². The van der Waals surface area contributed by atoms with Crippen molar-refractivity contribution in [3.8, 4) is 0 Å². The second-order valence-electron chi connectivity index (χ2n) is 6.53. The van der Waals surface area contributed by atoms with E-state index < -0.39 is 10.0 Å². The summed E-state index contributed by atoms with van der Waals surface area (Å²) in [6.45, 7) is 4.08. The normalized spacial score (nSPS) is 13.6. The van der Waals surface area contributed by atoms with Crippen molar-refractivity contribution in [2.45, 2.75) is 19.8 Å². The number of guanidine groups is 1. The Morgan fingerprint density at radius 1 is 1.17 bits per heavy atom. The first-order chi connectivity index (χ1) is 13.6. The molecule has 0 saturated heterocycles. The van der Waals surface area contributed by atoms with Crippen LogP contribution in [0.4, 0.5) is 5.69 Å². The van der Waals surface area contributed by atoms with Gasteiger partial charge in [0, 0.05) is 37.9 Å². The molecular formula is C20H28IN5O2S. The summed E-state index contributed by atoms with van der Waals surface area (Å²) in [5, 5.41) is 6.38. The van der Waals surface area contributed by atoms with E-state index in [1.54, 1.807) is 6.20 Å². The molecule has 2 heterocycles. The van der Waals surface area contributed by atoms with Crippen LogP contribution in [0.2, 0.25) is 0 Å². The van der Waals surface area contributed by atoms with Gasteiger partial charge in [0.1, 0.15) is 0 Å². The Morgan fingerprint density at radius 2 is 1.97 bits per heavy atom. The van der Waals surface area contributed by atoms with Crippen LogP contribution in [0.15, 0.2) is 53.7 Å². The van der Waals surface area contributed by atoms with Crippen molar-refractivity contribution in [1.29, 1.82) is 0 Å². The van der Waals surface area contributed by atoms with Gasteiger partial charge in [-0.15, -0.1) is 24.0 Å². The molecule has 2 aromatic rings. The van der Waals surface area contributed by atoms with E-state index in [2.05, 4.69) is 20.6 Å². The van der Waals surface area contributed by atoms with Crippen molar-refractivity contribution in [3.63, 3.8) is 0 Å². The van der Waals surface area contributed by atoms with E-state index >= 15 is 0 Å². The van der Waals surface area contributed by atoms with Crippen LogP contribution in [0.3, 0.4) is 0 Å². The molecule has 0 radical (unpaired) electrons. The molecule has 3 rings (SSSR count). The summed E-state index contributed by atoms with van der Waals surface area (Å²) >= 11 is 0. The fraction of sp³-hybridized carbons (Fsp3) is 0.400. The number of aromatic nitrogens is 1. The van der Waals surface area contributed by atoms with Gasteiger partial charge in [0.05, 0.1) is 18.0 Å². The van der Waals surface area contributed by atoms with Crippen molar-refractivity contribution in [2.24, 2.45) is 4.99 Å². The molecule has 1 aliphatic heterocycles. The van der Waals surface area contributed by atoms with E-state index in [4.69, 9.17) is 0 Å². The van der Waals surface area contributed by atoms with Crippen molar-refractivity contribution in [2.75, 3.05) is 36.2 Å². The van der Waals surface area contributed by atoms with E-state index in [1.165, 1.54) is 4.31 Å². The van der Waals surface area contributed by atoms with Gasteiger partial charge >= 0.3 is 0 Å². The lowest BCUT2D eigenvalue weighted by Crippen LogP contribution is -2.39. The van der Waals surface area contributed by atoms with Gasteiger partial charge in [0.2, 0.25) is 10.0 Å². The van der Waals surface area contributed by atoms with Crippen LogP contribution in [0.1, 0.15) is 18.2 Å². The SMILES string of the molecule is CCNC(=NCCS(=O)(=O)N1CCc2ccccc21)NCCc1ccccn1.I. The van der Waals surface area contributed by atoms with Crippen molar-refractivity contribution in [3.05, 3.63) is 59.9 Å².